The van der Waals surface area contributed by atoms with Crippen LogP contribution in [0.2, 0.25) is 0 Å². The Hall–Kier alpha value is -2.13. The molecule has 3 heterocycles. The number of hydrogen-bond donors (Lipinski definition) is 1. The highest BCUT2D eigenvalue weighted by molar-refractivity contribution is 7.17. The van der Waals surface area contributed by atoms with Crippen molar-refractivity contribution in [3.05, 3.63) is 41.0 Å². The van der Waals surface area contributed by atoms with Crippen LogP contribution in [-0.2, 0) is 13.2 Å². The third kappa shape index (κ3) is 5.67. The Morgan fingerprint density at radius 2 is 1.96 bits per heavy atom. The maximum Gasteiger partial charge on any atom is 0.433 e. The number of nitrogens with zero attached hydrogens (tertiary/aromatic N) is 3. The summed E-state index contributed by atoms with van der Waals surface area (Å²) in [6.07, 6.45) is -1.40. The lowest BCUT2D eigenvalue weighted by molar-refractivity contribution is -0.143. The van der Waals surface area contributed by atoms with Crippen LogP contribution in [0.4, 0.5) is 13.2 Å². The average molecular weight is 400 g/mol. The summed E-state index contributed by atoms with van der Waals surface area (Å²) in [5, 5.41) is 3.79. The number of aryl methyl sites for hydroxylation is 1. The summed E-state index contributed by atoms with van der Waals surface area (Å²) in [5.41, 5.74) is 5.88. The number of rotatable bonds is 3. The molecule has 0 radical (unpaired) electrons. The minimum Gasteiger partial charge on any atom is -0.402 e. The first-order valence-electron chi connectivity index (χ1n) is 8.41. The van der Waals surface area contributed by atoms with Gasteiger partial charge in [0.15, 0.2) is 6.29 Å². The van der Waals surface area contributed by atoms with Crippen molar-refractivity contribution in [1.82, 2.24) is 14.7 Å². The Morgan fingerprint density at radius 1 is 1.33 bits per heavy atom. The summed E-state index contributed by atoms with van der Waals surface area (Å²) < 4.78 is 38.4. The maximum absolute atomic E-state index is 12.5. The molecule has 1 aliphatic rings. The smallest absolute Gasteiger partial charge is 0.402 e. The molecule has 0 unspecified atom stereocenters. The molecule has 5 nitrogen and oxygen atoms in total. The van der Waals surface area contributed by atoms with Gasteiger partial charge in [-0.1, -0.05) is 6.58 Å². The van der Waals surface area contributed by atoms with Crippen molar-refractivity contribution in [3.63, 3.8) is 0 Å². The predicted octanol–water partition coefficient (Wildman–Crippen LogP) is 3.78. The van der Waals surface area contributed by atoms with Crippen molar-refractivity contribution in [2.45, 2.75) is 19.0 Å². The summed E-state index contributed by atoms with van der Waals surface area (Å²) >= 11 is 1.11. The van der Waals surface area contributed by atoms with E-state index < -0.39 is 11.9 Å². The number of hydrogen-bond acceptors (Lipinski definition) is 5. The van der Waals surface area contributed by atoms with Crippen LogP contribution >= 0.6 is 11.3 Å². The molecule has 2 aromatic rings. The molecule has 1 aliphatic heterocycles. The SMILES string of the molecule is C=C(N)C1CCN(C)CC1.Cn1nc(-c2ccc(C=O)s2)cc1C(F)(F)F. The van der Waals surface area contributed by atoms with E-state index in [1.807, 2.05) is 0 Å². The number of carbonyl (C=O) groups is 1. The largest absolute Gasteiger partial charge is 0.433 e. The first-order chi connectivity index (χ1) is 12.6. The normalized spacial score (nSPS) is 15.9. The van der Waals surface area contributed by atoms with Gasteiger partial charge in [-0.25, -0.2) is 0 Å². The van der Waals surface area contributed by atoms with Crippen molar-refractivity contribution in [2.75, 3.05) is 20.1 Å². The highest BCUT2D eigenvalue weighted by Gasteiger charge is 2.35. The zero-order valence-corrected chi connectivity index (χ0v) is 16.1. The van der Waals surface area contributed by atoms with E-state index in [4.69, 9.17) is 5.73 Å². The molecule has 9 heteroatoms. The van der Waals surface area contributed by atoms with E-state index in [2.05, 4.69) is 23.6 Å². The van der Waals surface area contributed by atoms with Crippen LogP contribution in [0.5, 0.6) is 0 Å². The van der Waals surface area contributed by atoms with E-state index in [0.29, 0.717) is 22.0 Å². The lowest BCUT2D eigenvalue weighted by Crippen LogP contribution is -2.32. The number of carbonyl (C=O) groups excluding carboxylic acids is 1. The Kier molecular flexibility index (Phi) is 6.83. The molecule has 148 valence electrons. The van der Waals surface area contributed by atoms with Crippen LogP contribution in [-0.4, -0.2) is 41.1 Å². The molecule has 1 saturated heterocycles. The van der Waals surface area contributed by atoms with Crippen LogP contribution in [0.3, 0.4) is 0 Å². The van der Waals surface area contributed by atoms with E-state index >= 15 is 0 Å². The summed E-state index contributed by atoms with van der Waals surface area (Å²) in [4.78, 5) is 13.8. The molecule has 0 aromatic carbocycles. The Labute approximate surface area is 160 Å². The van der Waals surface area contributed by atoms with Gasteiger partial charge in [0.2, 0.25) is 0 Å². The van der Waals surface area contributed by atoms with Crippen LogP contribution in [0.15, 0.2) is 30.5 Å². The number of thiophene rings is 1. The third-order valence-corrected chi connectivity index (χ3v) is 5.44. The molecule has 0 amide bonds. The highest BCUT2D eigenvalue weighted by atomic mass is 32.1. The summed E-state index contributed by atoms with van der Waals surface area (Å²) in [7, 11) is 3.38. The van der Waals surface area contributed by atoms with Gasteiger partial charge in [-0.15, -0.1) is 11.3 Å². The molecular formula is C18H23F3N4OS. The molecule has 0 saturated carbocycles. The van der Waals surface area contributed by atoms with Crippen molar-refractivity contribution in [3.8, 4) is 10.6 Å². The Morgan fingerprint density at radius 3 is 2.41 bits per heavy atom. The van der Waals surface area contributed by atoms with Crippen molar-refractivity contribution in [2.24, 2.45) is 18.7 Å². The van der Waals surface area contributed by atoms with Crippen molar-refractivity contribution >= 4 is 17.6 Å². The topological polar surface area (TPSA) is 64.2 Å². The van der Waals surface area contributed by atoms with Gasteiger partial charge in [-0.3, -0.25) is 9.48 Å². The first-order valence-corrected chi connectivity index (χ1v) is 9.23. The number of nitrogens with two attached hydrogens (primary N) is 1. The zero-order valence-electron chi connectivity index (χ0n) is 15.3. The van der Waals surface area contributed by atoms with Crippen molar-refractivity contribution in [1.29, 1.82) is 0 Å². The van der Waals surface area contributed by atoms with Crippen LogP contribution in [0.25, 0.3) is 10.6 Å². The number of aromatic nitrogens is 2. The molecule has 3 rings (SSSR count). The fourth-order valence-electron chi connectivity index (χ4n) is 2.79. The first kappa shape index (κ1) is 21.2. The van der Waals surface area contributed by atoms with Crippen LogP contribution in [0, 0.1) is 5.92 Å². The third-order valence-electron chi connectivity index (χ3n) is 4.41. The molecule has 2 aromatic heterocycles. The summed E-state index contributed by atoms with van der Waals surface area (Å²) in [5.74, 6) is 0.580. The van der Waals surface area contributed by atoms with Gasteiger partial charge >= 0.3 is 6.18 Å². The predicted molar refractivity (Wildman–Crippen MR) is 100 cm³/mol. The van der Waals surface area contributed by atoms with Gasteiger partial charge in [0.25, 0.3) is 0 Å². The minimum absolute atomic E-state index is 0.220. The lowest BCUT2D eigenvalue weighted by atomic mass is 9.95. The molecule has 27 heavy (non-hydrogen) atoms. The van der Waals surface area contributed by atoms with E-state index in [1.165, 1.54) is 33.0 Å². The minimum atomic E-state index is -4.43. The number of likely N-dealkylation sites (tertiary alicyclic amines) is 1. The zero-order chi connectivity index (χ0) is 20.2. The molecule has 0 atom stereocenters. The van der Waals surface area contributed by atoms with E-state index in [-0.39, 0.29) is 5.69 Å². The number of halogens is 3. The highest BCUT2D eigenvalue weighted by Crippen LogP contribution is 2.33. The van der Waals surface area contributed by atoms with E-state index in [1.54, 1.807) is 12.1 Å². The van der Waals surface area contributed by atoms with Gasteiger partial charge < -0.3 is 10.6 Å². The standard InChI is InChI=1S/C10H7F3N2OS.C8H16N2/c1-15-9(10(11,12)13)4-7(14-15)8-3-2-6(5-16)17-8;1-7(9)8-3-5-10(2)6-4-8/h2-5H,1H3;8H,1,3-6,9H2,2H3. The monoisotopic (exact) mass is 400 g/mol. The van der Waals surface area contributed by atoms with Crippen LogP contribution < -0.4 is 5.73 Å². The number of alkyl halides is 3. The molecular weight excluding hydrogens is 377 g/mol. The summed E-state index contributed by atoms with van der Waals surface area (Å²) in [6.45, 7) is 6.10. The van der Waals surface area contributed by atoms with Crippen molar-refractivity contribution < 1.29 is 18.0 Å². The molecule has 1 fully saturated rings. The molecule has 0 bridgehead atoms. The molecule has 2 N–H and O–H groups in total. The van der Waals surface area contributed by atoms with E-state index in [0.717, 1.165) is 27.8 Å². The Balaban J connectivity index is 0.000000223. The second kappa shape index (κ2) is 8.71. The fraction of sp³-hybridized carbons (Fsp3) is 0.444. The Bertz CT molecular complexity index is 789. The van der Waals surface area contributed by atoms with Gasteiger partial charge in [0.05, 0.1) is 9.75 Å². The lowest BCUT2D eigenvalue weighted by Gasteiger charge is -2.28. The molecule has 0 spiro atoms. The quantitative estimate of drug-likeness (QED) is 0.797. The second-order valence-corrected chi connectivity index (χ2v) is 7.62. The fourth-order valence-corrected chi connectivity index (χ4v) is 3.56. The number of allylic oxidation sites excluding steroid dienone is 1. The number of aldehydes is 1. The van der Waals surface area contributed by atoms with Gasteiger partial charge in [-0.2, -0.15) is 18.3 Å². The van der Waals surface area contributed by atoms with Gasteiger partial charge in [-0.05, 0) is 51.2 Å². The number of piperidine rings is 1. The van der Waals surface area contributed by atoms with Gasteiger partial charge in [0.1, 0.15) is 11.4 Å². The van der Waals surface area contributed by atoms with Crippen LogP contribution in [0.1, 0.15) is 28.2 Å². The second-order valence-electron chi connectivity index (χ2n) is 6.51. The molecule has 0 aliphatic carbocycles. The maximum atomic E-state index is 12.5. The van der Waals surface area contributed by atoms with E-state index in [9.17, 15) is 18.0 Å². The van der Waals surface area contributed by atoms with Gasteiger partial charge in [0, 0.05) is 18.7 Å². The average Bonchev–Trinajstić information content (AvgIpc) is 3.21. The summed E-state index contributed by atoms with van der Waals surface area (Å²) in [6, 6.07) is 4.10.